The predicted molar refractivity (Wildman–Crippen MR) is 39.2 cm³/mol. The number of rotatable bonds is 0. The highest BCUT2D eigenvalue weighted by molar-refractivity contribution is 6.27. The molecule has 1 nitrogen and oxygen atoms in total. The van der Waals surface area contributed by atoms with Crippen LogP contribution in [0.15, 0.2) is 0 Å². The fraction of sp³-hybridized carbons (Fsp3) is 1.00. The Hall–Kier alpha value is 0.0249. The fourth-order valence-electron chi connectivity index (χ4n) is 2.28. The van der Waals surface area contributed by atoms with Gasteiger partial charge in [-0.3, -0.25) is 0 Å². The van der Waals surface area contributed by atoms with Gasteiger partial charge in [0.25, 0.3) is 0 Å². The second kappa shape index (κ2) is 1.75. The first kappa shape index (κ1) is 5.78. The van der Waals surface area contributed by atoms with E-state index in [9.17, 15) is 0 Å². The van der Waals surface area contributed by atoms with Gasteiger partial charge in [-0.15, -0.1) is 0 Å². The average molecular weight is 123 g/mol. The third-order valence-corrected chi connectivity index (χ3v) is 2.84. The highest BCUT2D eigenvalue weighted by Gasteiger charge is 2.40. The van der Waals surface area contributed by atoms with E-state index in [1.54, 1.807) is 0 Å². The van der Waals surface area contributed by atoms with Gasteiger partial charge in [-0.25, -0.2) is 0 Å². The summed E-state index contributed by atoms with van der Waals surface area (Å²) in [4.78, 5) is 0. The number of quaternary nitrogens is 1. The summed E-state index contributed by atoms with van der Waals surface area (Å²) in [6, 6.07) is 0. The quantitative estimate of drug-likeness (QED) is 0.419. The SMILES string of the molecule is C[N+]12[B]CC(CCC1)C2. The first-order valence-electron chi connectivity index (χ1n) is 3.97. The second-order valence-corrected chi connectivity index (χ2v) is 3.81. The zero-order valence-electron chi connectivity index (χ0n) is 6.14. The molecule has 9 heavy (non-hydrogen) atoms. The van der Waals surface area contributed by atoms with Crippen molar-refractivity contribution in [2.24, 2.45) is 5.92 Å². The summed E-state index contributed by atoms with van der Waals surface area (Å²) >= 11 is 0. The van der Waals surface area contributed by atoms with Crippen molar-refractivity contribution in [2.45, 2.75) is 19.2 Å². The predicted octanol–water partition coefficient (Wildman–Crippen LogP) is 0.894. The first-order valence-corrected chi connectivity index (χ1v) is 3.97. The van der Waals surface area contributed by atoms with E-state index in [1.807, 2.05) is 0 Å². The van der Waals surface area contributed by atoms with Crippen LogP contribution < -0.4 is 0 Å². The van der Waals surface area contributed by atoms with Gasteiger partial charge in [0.15, 0.2) is 0 Å². The van der Waals surface area contributed by atoms with E-state index in [2.05, 4.69) is 14.5 Å². The first-order chi connectivity index (χ1) is 4.29. The van der Waals surface area contributed by atoms with Crippen molar-refractivity contribution in [1.29, 1.82) is 0 Å². The molecule has 2 heterocycles. The monoisotopic (exact) mass is 123 g/mol. The Balaban J connectivity index is 2.13. The van der Waals surface area contributed by atoms with Crippen LogP contribution in [0.2, 0.25) is 6.32 Å². The van der Waals surface area contributed by atoms with Gasteiger partial charge >= 0.3 is 7.41 Å². The third kappa shape index (κ3) is 0.897. The summed E-state index contributed by atoms with van der Waals surface area (Å²) < 4.78 is 1.27. The van der Waals surface area contributed by atoms with Gasteiger partial charge in [-0.05, 0) is 19.2 Å². The smallest absolute Gasteiger partial charge is 0.397 e. The lowest BCUT2D eigenvalue weighted by molar-refractivity contribution is -0.802. The Labute approximate surface area is 57.9 Å². The van der Waals surface area contributed by atoms with Crippen LogP contribution in [-0.4, -0.2) is 31.9 Å². The summed E-state index contributed by atoms with van der Waals surface area (Å²) in [6.45, 7) is 2.83. The molecular formula is C7H14BN+. The zero-order chi connectivity index (χ0) is 6.32. The molecule has 2 saturated heterocycles. The van der Waals surface area contributed by atoms with E-state index < -0.39 is 0 Å². The van der Waals surface area contributed by atoms with E-state index in [4.69, 9.17) is 0 Å². The van der Waals surface area contributed by atoms with Gasteiger partial charge in [0.1, 0.15) is 0 Å². The van der Waals surface area contributed by atoms with Crippen LogP contribution in [0.1, 0.15) is 12.8 Å². The van der Waals surface area contributed by atoms with Gasteiger partial charge in [0.2, 0.25) is 0 Å². The normalized spacial score (nSPS) is 48.8. The van der Waals surface area contributed by atoms with Crippen LogP contribution in [0, 0.1) is 5.92 Å². The summed E-state index contributed by atoms with van der Waals surface area (Å²) in [5.41, 5.74) is 0. The van der Waals surface area contributed by atoms with Crippen LogP contribution >= 0.6 is 0 Å². The topological polar surface area (TPSA) is 0 Å². The minimum Gasteiger partial charge on any atom is -0.397 e. The maximum Gasteiger partial charge on any atom is 0.446 e. The molecular weight excluding hydrogens is 109 g/mol. The molecule has 2 unspecified atom stereocenters. The summed E-state index contributed by atoms with van der Waals surface area (Å²) in [7, 11) is 4.86. The van der Waals surface area contributed by atoms with Crippen LogP contribution in [0.5, 0.6) is 0 Å². The Bertz CT molecular complexity index is 122. The van der Waals surface area contributed by atoms with Crippen molar-refractivity contribution in [1.82, 2.24) is 0 Å². The average Bonchev–Trinajstić information content (AvgIpc) is 2.07. The van der Waals surface area contributed by atoms with Crippen molar-refractivity contribution in [3.8, 4) is 0 Å². The van der Waals surface area contributed by atoms with Gasteiger partial charge in [0, 0.05) is 13.0 Å². The maximum absolute atomic E-state index is 2.50. The molecule has 0 aromatic rings. The van der Waals surface area contributed by atoms with E-state index in [0.717, 1.165) is 5.92 Å². The van der Waals surface area contributed by atoms with Gasteiger partial charge < -0.3 is 4.39 Å². The van der Waals surface area contributed by atoms with Crippen LogP contribution in [0.4, 0.5) is 0 Å². The Morgan fingerprint density at radius 3 is 3.11 bits per heavy atom. The lowest BCUT2D eigenvalue weighted by atomic mass is 9.85. The molecule has 0 aromatic carbocycles. The Morgan fingerprint density at radius 1 is 1.56 bits per heavy atom. The number of fused-ring (bicyclic) bond motifs is 2. The zero-order valence-corrected chi connectivity index (χ0v) is 6.14. The summed E-state index contributed by atoms with van der Waals surface area (Å²) in [5.74, 6) is 1.05. The van der Waals surface area contributed by atoms with Crippen molar-refractivity contribution >= 4 is 7.41 Å². The van der Waals surface area contributed by atoms with E-state index in [-0.39, 0.29) is 0 Å². The highest BCUT2D eigenvalue weighted by Crippen LogP contribution is 2.30. The molecule has 2 bridgehead atoms. The molecule has 0 amide bonds. The molecule has 2 aliphatic rings. The lowest BCUT2D eigenvalue weighted by Gasteiger charge is -2.34. The minimum atomic E-state index is 1.05. The minimum absolute atomic E-state index is 1.05. The summed E-state index contributed by atoms with van der Waals surface area (Å²) in [6.07, 6.45) is 4.33. The molecule has 2 atom stereocenters. The molecule has 0 spiro atoms. The number of hydrogen-bond donors (Lipinski definition) is 0. The third-order valence-electron chi connectivity index (χ3n) is 2.84. The van der Waals surface area contributed by atoms with Crippen molar-refractivity contribution in [3.05, 3.63) is 0 Å². The van der Waals surface area contributed by atoms with E-state index in [0.29, 0.717) is 0 Å². The molecule has 49 valence electrons. The lowest BCUT2D eigenvalue weighted by Crippen LogP contribution is -2.46. The second-order valence-electron chi connectivity index (χ2n) is 3.81. The van der Waals surface area contributed by atoms with Crippen molar-refractivity contribution < 1.29 is 4.39 Å². The number of nitrogens with zero attached hydrogens (tertiary/aromatic N) is 1. The molecule has 0 N–H and O–H groups in total. The number of piperidine rings is 1. The van der Waals surface area contributed by atoms with Crippen molar-refractivity contribution in [2.75, 3.05) is 20.1 Å². The Morgan fingerprint density at radius 2 is 2.44 bits per heavy atom. The van der Waals surface area contributed by atoms with Crippen LogP contribution in [0.25, 0.3) is 0 Å². The maximum atomic E-state index is 2.50. The number of hydrogen-bond acceptors (Lipinski definition) is 0. The molecule has 0 aromatic heterocycles. The summed E-state index contributed by atoms with van der Waals surface area (Å²) in [5, 5.41) is 0. The largest absolute Gasteiger partial charge is 0.446 e. The van der Waals surface area contributed by atoms with E-state index >= 15 is 0 Å². The van der Waals surface area contributed by atoms with Crippen LogP contribution in [0.3, 0.4) is 0 Å². The van der Waals surface area contributed by atoms with Crippen molar-refractivity contribution in [3.63, 3.8) is 0 Å². The van der Waals surface area contributed by atoms with Gasteiger partial charge in [-0.1, -0.05) is 0 Å². The molecule has 0 saturated carbocycles. The highest BCUT2D eigenvalue weighted by atomic mass is 15.3. The fourth-order valence-corrected chi connectivity index (χ4v) is 2.28. The molecule has 2 fully saturated rings. The molecule has 2 rings (SSSR count). The molecule has 0 aliphatic carbocycles. The van der Waals surface area contributed by atoms with Crippen LogP contribution in [-0.2, 0) is 0 Å². The molecule has 2 heteroatoms. The molecule has 1 radical (unpaired) electrons. The van der Waals surface area contributed by atoms with E-state index in [1.165, 1.54) is 36.6 Å². The Kier molecular flexibility index (Phi) is 1.13. The standard InChI is InChI=1S/C7H14BN/c1-9-4-2-3-7(6-9)5-8-9/h7H,2-6H2,1H3/q+1. The van der Waals surface area contributed by atoms with Gasteiger partial charge in [0.05, 0.1) is 13.1 Å². The van der Waals surface area contributed by atoms with Gasteiger partial charge in [-0.2, -0.15) is 0 Å². The molecule has 2 aliphatic heterocycles.